The Kier molecular flexibility index (Phi) is 5.95. The molecule has 1 saturated heterocycles. The van der Waals surface area contributed by atoms with Crippen LogP contribution in [0.5, 0.6) is 0 Å². The molecule has 1 aliphatic carbocycles. The summed E-state index contributed by atoms with van der Waals surface area (Å²) in [5.41, 5.74) is -0.0306. The number of nitro benzene ring substituents is 1. The largest absolute Gasteiger partial charge is 0.354 e. The van der Waals surface area contributed by atoms with Gasteiger partial charge in [0, 0.05) is 18.7 Å². The molecule has 154 valence electrons. The Balaban J connectivity index is 1.62. The standard InChI is InChI=1S/C20H24N4O5/c1-20(15-8-5-9-16(12-15)24(28)29)18(26)23(19(27)22-20)13-17(25)21-11-10-14-6-3-2-4-7-14/h5-6,8-9,12H,2-4,7,10-11,13H2,1H3,(H,21,25)(H,22,27). The number of amides is 4. The maximum absolute atomic E-state index is 12.9. The van der Waals surface area contributed by atoms with E-state index in [2.05, 4.69) is 16.7 Å². The smallest absolute Gasteiger partial charge is 0.325 e. The van der Waals surface area contributed by atoms with Crippen molar-refractivity contribution < 1.29 is 19.3 Å². The molecule has 9 nitrogen and oxygen atoms in total. The molecule has 1 fully saturated rings. The minimum absolute atomic E-state index is 0.181. The van der Waals surface area contributed by atoms with Crippen LogP contribution in [0, 0.1) is 10.1 Å². The van der Waals surface area contributed by atoms with Crippen molar-refractivity contribution in [3.05, 3.63) is 51.6 Å². The number of benzene rings is 1. The molecular weight excluding hydrogens is 376 g/mol. The molecule has 9 heteroatoms. The summed E-state index contributed by atoms with van der Waals surface area (Å²) in [4.78, 5) is 48.7. The van der Waals surface area contributed by atoms with Gasteiger partial charge in [-0.15, -0.1) is 0 Å². The van der Waals surface area contributed by atoms with Gasteiger partial charge in [0.05, 0.1) is 4.92 Å². The van der Waals surface area contributed by atoms with Crippen LogP contribution in [0.15, 0.2) is 35.9 Å². The van der Waals surface area contributed by atoms with E-state index in [9.17, 15) is 24.5 Å². The van der Waals surface area contributed by atoms with Gasteiger partial charge >= 0.3 is 6.03 Å². The van der Waals surface area contributed by atoms with E-state index in [0.717, 1.165) is 24.2 Å². The fourth-order valence-electron chi connectivity index (χ4n) is 3.66. The Morgan fingerprint density at radius 1 is 1.34 bits per heavy atom. The van der Waals surface area contributed by atoms with Crippen LogP contribution in [-0.2, 0) is 15.1 Å². The quantitative estimate of drug-likeness (QED) is 0.315. The van der Waals surface area contributed by atoms with Crippen molar-refractivity contribution in [2.75, 3.05) is 13.1 Å². The van der Waals surface area contributed by atoms with Crippen molar-refractivity contribution in [2.24, 2.45) is 0 Å². The van der Waals surface area contributed by atoms with E-state index in [4.69, 9.17) is 0 Å². The Morgan fingerprint density at radius 2 is 2.14 bits per heavy atom. The second-order valence-electron chi connectivity index (χ2n) is 7.46. The van der Waals surface area contributed by atoms with Crippen molar-refractivity contribution in [1.29, 1.82) is 0 Å². The van der Waals surface area contributed by atoms with Gasteiger partial charge in [0.2, 0.25) is 5.91 Å². The zero-order valence-electron chi connectivity index (χ0n) is 16.3. The van der Waals surface area contributed by atoms with E-state index < -0.39 is 34.9 Å². The summed E-state index contributed by atoms with van der Waals surface area (Å²) in [7, 11) is 0. The summed E-state index contributed by atoms with van der Waals surface area (Å²) in [6, 6.07) is 4.84. The molecular formula is C20H24N4O5. The Bertz CT molecular complexity index is 881. The summed E-state index contributed by atoms with van der Waals surface area (Å²) in [5.74, 6) is -1.04. The first-order valence-electron chi connectivity index (χ1n) is 9.65. The third kappa shape index (κ3) is 4.44. The summed E-state index contributed by atoms with van der Waals surface area (Å²) < 4.78 is 0. The molecule has 1 atom stereocenters. The lowest BCUT2D eigenvalue weighted by Gasteiger charge is -2.22. The topological polar surface area (TPSA) is 122 Å². The Hall–Kier alpha value is -3.23. The normalized spacial score (nSPS) is 21.6. The molecule has 0 radical (unpaired) electrons. The number of imide groups is 1. The Morgan fingerprint density at radius 3 is 2.83 bits per heavy atom. The van der Waals surface area contributed by atoms with Crippen molar-refractivity contribution in [1.82, 2.24) is 15.5 Å². The first kappa shape index (κ1) is 20.5. The van der Waals surface area contributed by atoms with Crippen molar-refractivity contribution in [3.8, 4) is 0 Å². The third-order valence-electron chi connectivity index (χ3n) is 5.36. The van der Waals surface area contributed by atoms with Gasteiger partial charge in [-0.1, -0.05) is 23.8 Å². The molecule has 1 heterocycles. The van der Waals surface area contributed by atoms with E-state index in [1.807, 2.05) is 0 Å². The molecule has 1 aromatic carbocycles. The maximum atomic E-state index is 12.9. The molecule has 29 heavy (non-hydrogen) atoms. The van der Waals surface area contributed by atoms with Crippen LogP contribution >= 0.6 is 0 Å². The molecule has 1 aliphatic heterocycles. The lowest BCUT2D eigenvalue weighted by Crippen LogP contribution is -2.43. The second kappa shape index (κ2) is 8.42. The van der Waals surface area contributed by atoms with Gasteiger partial charge in [-0.05, 0) is 44.6 Å². The van der Waals surface area contributed by atoms with Crippen LogP contribution in [-0.4, -0.2) is 40.8 Å². The summed E-state index contributed by atoms with van der Waals surface area (Å²) in [6.45, 7) is 1.53. The average Bonchev–Trinajstić information content (AvgIpc) is 2.93. The van der Waals surface area contributed by atoms with Crippen molar-refractivity contribution in [3.63, 3.8) is 0 Å². The van der Waals surface area contributed by atoms with Gasteiger partial charge in [0.1, 0.15) is 12.1 Å². The molecule has 0 aromatic heterocycles. The monoisotopic (exact) mass is 400 g/mol. The number of rotatable bonds is 7. The van der Waals surface area contributed by atoms with Crippen LogP contribution in [0.4, 0.5) is 10.5 Å². The fourth-order valence-corrected chi connectivity index (χ4v) is 3.66. The number of allylic oxidation sites excluding steroid dienone is 1. The van der Waals surface area contributed by atoms with Gasteiger partial charge in [-0.2, -0.15) is 0 Å². The third-order valence-corrected chi connectivity index (χ3v) is 5.36. The zero-order chi connectivity index (χ0) is 21.0. The van der Waals surface area contributed by atoms with Gasteiger partial charge < -0.3 is 10.6 Å². The highest BCUT2D eigenvalue weighted by atomic mass is 16.6. The highest BCUT2D eigenvalue weighted by Gasteiger charge is 2.49. The molecule has 4 amide bonds. The number of nitrogens with zero attached hydrogens (tertiary/aromatic N) is 2. The molecule has 1 unspecified atom stereocenters. The minimum Gasteiger partial charge on any atom is -0.354 e. The van der Waals surface area contributed by atoms with E-state index in [0.29, 0.717) is 6.54 Å². The van der Waals surface area contributed by atoms with E-state index in [1.165, 1.54) is 49.6 Å². The number of hydrogen-bond donors (Lipinski definition) is 2. The number of nitrogens with one attached hydrogen (secondary N) is 2. The molecule has 3 rings (SSSR count). The lowest BCUT2D eigenvalue weighted by molar-refractivity contribution is -0.385. The molecule has 2 aliphatic rings. The fraction of sp³-hybridized carbons (Fsp3) is 0.450. The maximum Gasteiger partial charge on any atom is 0.325 e. The highest BCUT2D eigenvalue weighted by Crippen LogP contribution is 2.30. The number of carbonyl (C=O) groups is 3. The molecule has 0 saturated carbocycles. The van der Waals surface area contributed by atoms with E-state index in [-0.39, 0.29) is 11.3 Å². The van der Waals surface area contributed by atoms with Crippen LogP contribution in [0.2, 0.25) is 0 Å². The SMILES string of the molecule is CC1(c2cccc([N+](=O)[O-])c2)NC(=O)N(CC(=O)NCCC2=CCCCC2)C1=O. The van der Waals surface area contributed by atoms with Crippen LogP contribution in [0.1, 0.15) is 44.6 Å². The molecule has 1 aromatic rings. The van der Waals surface area contributed by atoms with Gasteiger partial charge in [0.15, 0.2) is 0 Å². The number of hydrogen-bond acceptors (Lipinski definition) is 5. The van der Waals surface area contributed by atoms with Crippen LogP contribution in [0.3, 0.4) is 0 Å². The van der Waals surface area contributed by atoms with Crippen molar-refractivity contribution in [2.45, 2.75) is 44.6 Å². The van der Waals surface area contributed by atoms with E-state index in [1.54, 1.807) is 0 Å². The van der Waals surface area contributed by atoms with Gasteiger partial charge in [-0.25, -0.2) is 4.79 Å². The highest BCUT2D eigenvalue weighted by molar-refractivity contribution is 6.09. The first-order valence-corrected chi connectivity index (χ1v) is 9.65. The molecule has 0 spiro atoms. The predicted molar refractivity (Wildman–Crippen MR) is 105 cm³/mol. The molecule has 2 N–H and O–H groups in total. The number of non-ortho nitro benzene ring substituents is 1. The van der Waals surface area contributed by atoms with Crippen LogP contribution < -0.4 is 10.6 Å². The average molecular weight is 400 g/mol. The van der Waals surface area contributed by atoms with Gasteiger partial charge in [0.25, 0.3) is 11.6 Å². The first-order chi connectivity index (χ1) is 13.8. The summed E-state index contributed by atoms with van der Waals surface area (Å²) >= 11 is 0. The number of carbonyl (C=O) groups excluding carboxylic acids is 3. The molecule has 0 bridgehead atoms. The van der Waals surface area contributed by atoms with E-state index >= 15 is 0 Å². The van der Waals surface area contributed by atoms with Gasteiger partial charge in [-0.3, -0.25) is 24.6 Å². The Labute approximate surface area is 168 Å². The van der Waals surface area contributed by atoms with Crippen LogP contribution in [0.25, 0.3) is 0 Å². The second-order valence-corrected chi connectivity index (χ2v) is 7.46. The predicted octanol–water partition coefficient (Wildman–Crippen LogP) is 2.37. The number of nitro groups is 1. The minimum atomic E-state index is -1.46. The summed E-state index contributed by atoms with van der Waals surface area (Å²) in [5, 5.41) is 16.3. The van der Waals surface area contributed by atoms with Crippen molar-refractivity contribution >= 4 is 23.5 Å². The summed E-state index contributed by atoms with van der Waals surface area (Å²) in [6.07, 6.45) is 7.45. The number of urea groups is 1. The zero-order valence-corrected chi connectivity index (χ0v) is 16.3. The lowest BCUT2D eigenvalue weighted by atomic mass is 9.91.